The molecule has 7 nitrogen and oxygen atoms in total. The normalized spacial score (nSPS) is 28.3. The third-order valence-electron chi connectivity index (χ3n) is 8.82. The Kier molecular flexibility index (Phi) is 7.84. The van der Waals surface area contributed by atoms with Crippen molar-refractivity contribution in [3.63, 3.8) is 0 Å². The van der Waals surface area contributed by atoms with Crippen molar-refractivity contribution < 1.29 is 14.4 Å². The maximum Gasteiger partial charge on any atom is 0.246 e. The number of hydrogen-bond acceptors (Lipinski definition) is 4. The van der Waals surface area contributed by atoms with Gasteiger partial charge in [-0.2, -0.15) is 0 Å². The van der Waals surface area contributed by atoms with E-state index in [0.717, 1.165) is 38.5 Å². The second-order valence-corrected chi connectivity index (χ2v) is 11.0. The number of nitrogens with zero attached hydrogens (tertiary/aromatic N) is 1. The summed E-state index contributed by atoms with van der Waals surface area (Å²) in [5.41, 5.74) is 2.00. The van der Waals surface area contributed by atoms with Crippen molar-refractivity contribution in [1.82, 2.24) is 20.9 Å². The molecule has 0 spiro atoms. The van der Waals surface area contributed by atoms with Crippen molar-refractivity contribution in [3.05, 3.63) is 35.4 Å². The highest BCUT2D eigenvalue weighted by Crippen LogP contribution is 2.41. The van der Waals surface area contributed by atoms with Crippen LogP contribution in [0.3, 0.4) is 0 Å². The van der Waals surface area contributed by atoms with E-state index in [2.05, 4.69) is 41.9 Å². The van der Waals surface area contributed by atoms with Gasteiger partial charge in [-0.1, -0.05) is 50.5 Å². The molecular weight excluding hydrogens is 440 g/mol. The number of carbonyl (C=O) groups is 3. The van der Waals surface area contributed by atoms with Crippen LogP contribution < -0.4 is 16.0 Å². The third kappa shape index (κ3) is 5.11. The molecule has 1 aromatic carbocycles. The summed E-state index contributed by atoms with van der Waals surface area (Å²) in [5, 5.41) is 9.36. The Morgan fingerprint density at radius 2 is 1.77 bits per heavy atom. The molecule has 35 heavy (non-hydrogen) atoms. The van der Waals surface area contributed by atoms with E-state index >= 15 is 0 Å². The van der Waals surface area contributed by atoms with Crippen molar-refractivity contribution in [3.8, 4) is 0 Å². The largest absolute Gasteiger partial charge is 0.345 e. The Balaban J connectivity index is 1.52. The van der Waals surface area contributed by atoms with Crippen molar-refractivity contribution in [2.75, 3.05) is 13.6 Å². The lowest BCUT2D eigenvalue weighted by molar-refractivity contribution is -0.143. The number of carbonyl (C=O) groups excluding carboxylic acids is 3. The Bertz CT molecular complexity index is 944. The fourth-order valence-corrected chi connectivity index (χ4v) is 6.27. The van der Waals surface area contributed by atoms with Gasteiger partial charge in [0.15, 0.2) is 0 Å². The van der Waals surface area contributed by atoms with Gasteiger partial charge >= 0.3 is 0 Å². The molecule has 0 unspecified atom stereocenters. The van der Waals surface area contributed by atoms with Crippen LogP contribution in [0.25, 0.3) is 0 Å². The zero-order valence-electron chi connectivity index (χ0n) is 21.7. The van der Waals surface area contributed by atoms with E-state index in [9.17, 15) is 14.4 Å². The van der Waals surface area contributed by atoms with Crippen LogP contribution in [0.4, 0.5) is 0 Å². The highest BCUT2D eigenvalue weighted by molar-refractivity contribution is 5.94. The number of nitrogens with one attached hydrogen (secondary N) is 3. The van der Waals surface area contributed by atoms with Gasteiger partial charge in [-0.3, -0.25) is 14.4 Å². The Labute approximate surface area is 209 Å². The lowest BCUT2D eigenvalue weighted by Crippen LogP contribution is -2.59. The molecule has 0 bridgehead atoms. The van der Waals surface area contributed by atoms with Crippen LogP contribution in [0.5, 0.6) is 0 Å². The van der Waals surface area contributed by atoms with Crippen LogP contribution >= 0.6 is 0 Å². The first-order valence-corrected chi connectivity index (χ1v) is 13.4. The third-order valence-corrected chi connectivity index (χ3v) is 8.82. The Hall–Kier alpha value is -2.41. The number of benzene rings is 1. The van der Waals surface area contributed by atoms with E-state index in [-0.39, 0.29) is 35.6 Å². The van der Waals surface area contributed by atoms with E-state index < -0.39 is 17.6 Å². The van der Waals surface area contributed by atoms with Crippen molar-refractivity contribution in [1.29, 1.82) is 0 Å². The lowest BCUT2D eigenvalue weighted by atomic mass is 9.83. The van der Waals surface area contributed by atoms with Gasteiger partial charge < -0.3 is 20.9 Å². The number of amides is 3. The van der Waals surface area contributed by atoms with Crippen LogP contribution in [-0.2, 0) is 26.3 Å². The summed E-state index contributed by atoms with van der Waals surface area (Å²) in [5.74, 6) is 0.0375. The molecule has 1 saturated heterocycles. The number of fused-ring (bicyclic) bond motifs is 1. The topological polar surface area (TPSA) is 90.5 Å². The molecule has 1 heterocycles. The fourth-order valence-electron chi connectivity index (χ4n) is 6.27. The minimum absolute atomic E-state index is 0.0841. The molecule has 5 atom stereocenters. The van der Waals surface area contributed by atoms with Gasteiger partial charge in [0.2, 0.25) is 17.7 Å². The van der Waals surface area contributed by atoms with Gasteiger partial charge in [-0.05, 0) is 76.0 Å². The average Bonchev–Trinajstić information content (AvgIpc) is 3.45. The summed E-state index contributed by atoms with van der Waals surface area (Å²) in [7, 11) is 1.74. The molecule has 0 radical (unpaired) electrons. The molecular formula is C28H42N4O3. The van der Waals surface area contributed by atoms with Gasteiger partial charge in [0.25, 0.3) is 0 Å². The molecule has 3 amide bonds. The van der Waals surface area contributed by atoms with Gasteiger partial charge in [-0.25, -0.2) is 0 Å². The van der Waals surface area contributed by atoms with Crippen LogP contribution in [0.1, 0.15) is 76.8 Å². The van der Waals surface area contributed by atoms with Gasteiger partial charge in [0.05, 0.1) is 11.6 Å². The lowest BCUT2D eigenvalue weighted by Gasteiger charge is -2.37. The second-order valence-electron chi connectivity index (χ2n) is 11.0. The molecule has 1 aromatic rings. The Morgan fingerprint density at radius 1 is 1.06 bits per heavy atom. The molecule has 0 aromatic heterocycles. The van der Waals surface area contributed by atoms with Gasteiger partial charge in [0, 0.05) is 6.54 Å². The molecule has 2 aliphatic carbocycles. The molecule has 3 aliphatic rings. The summed E-state index contributed by atoms with van der Waals surface area (Å²) in [4.78, 5) is 42.1. The smallest absolute Gasteiger partial charge is 0.246 e. The molecule has 1 aliphatic heterocycles. The maximum absolute atomic E-state index is 13.9. The average molecular weight is 483 g/mol. The van der Waals surface area contributed by atoms with Crippen LogP contribution in [0.15, 0.2) is 24.3 Å². The van der Waals surface area contributed by atoms with Crippen molar-refractivity contribution >= 4 is 17.7 Å². The highest BCUT2D eigenvalue weighted by atomic mass is 16.2. The molecule has 192 valence electrons. The molecule has 4 rings (SSSR count). The fraction of sp³-hybridized carbons (Fsp3) is 0.679. The monoisotopic (exact) mass is 482 g/mol. The summed E-state index contributed by atoms with van der Waals surface area (Å²) in [6.45, 7) is 6.63. The summed E-state index contributed by atoms with van der Waals surface area (Å²) in [6, 6.07) is 6.86. The van der Waals surface area contributed by atoms with E-state index in [4.69, 9.17) is 0 Å². The Morgan fingerprint density at radius 3 is 2.49 bits per heavy atom. The quantitative estimate of drug-likeness (QED) is 0.557. The van der Waals surface area contributed by atoms with E-state index in [1.165, 1.54) is 17.5 Å². The number of rotatable bonds is 7. The predicted molar refractivity (Wildman–Crippen MR) is 137 cm³/mol. The van der Waals surface area contributed by atoms with E-state index in [0.29, 0.717) is 13.0 Å². The van der Waals surface area contributed by atoms with Crippen molar-refractivity contribution in [2.45, 2.75) is 95.8 Å². The maximum atomic E-state index is 13.9. The van der Waals surface area contributed by atoms with Gasteiger partial charge in [0.1, 0.15) is 12.1 Å². The first-order chi connectivity index (χ1) is 16.8. The molecule has 1 saturated carbocycles. The predicted octanol–water partition coefficient (Wildman–Crippen LogP) is 2.87. The second kappa shape index (κ2) is 10.7. The standard InChI is InChI=1S/C28H42N4O3/c1-18-17-21-13-8-9-14-22(21)28(18,3)31-26(34)23-15-10-16-32(23)27(35)24(20-11-6-5-7-12-20)30-25(33)19(2)29-4/h8-9,13-14,18-20,23-24,29H,5-7,10-12,15-17H2,1-4H3,(H,30,33)(H,31,34)/t18-,19+,23+,24+,28+/m1/s1. The van der Waals surface area contributed by atoms with Crippen LogP contribution in [0.2, 0.25) is 0 Å². The van der Waals surface area contributed by atoms with E-state index in [1.54, 1.807) is 18.9 Å². The summed E-state index contributed by atoms with van der Waals surface area (Å²) in [6.07, 6.45) is 7.57. The first kappa shape index (κ1) is 25.7. The SMILES string of the molecule is CN[C@@H](C)C(=O)N[C@H](C(=O)N1CCC[C@H]1C(=O)N[C@]1(C)c2ccccc2C[C@H]1C)C1CCCCC1. The first-order valence-electron chi connectivity index (χ1n) is 13.4. The number of likely N-dealkylation sites (N-methyl/N-ethyl adjacent to an activating group) is 1. The van der Waals surface area contributed by atoms with Crippen LogP contribution in [-0.4, -0.2) is 54.3 Å². The molecule has 3 N–H and O–H groups in total. The summed E-state index contributed by atoms with van der Waals surface area (Å²) >= 11 is 0. The highest BCUT2D eigenvalue weighted by Gasteiger charge is 2.46. The molecule has 7 heteroatoms. The number of likely N-dealkylation sites (tertiary alicyclic amines) is 1. The zero-order chi connectivity index (χ0) is 25.2. The zero-order valence-corrected chi connectivity index (χ0v) is 21.7. The van der Waals surface area contributed by atoms with Crippen LogP contribution in [0, 0.1) is 11.8 Å². The van der Waals surface area contributed by atoms with Crippen molar-refractivity contribution in [2.24, 2.45) is 11.8 Å². The summed E-state index contributed by atoms with van der Waals surface area (Å²) < 4.78 is 0. The van der Waals surface area contributed by atoms with Gasteiger partial charge in [-0.15, -0.1) is 0 Å². The minimum Gasteiger partial charge on any atom is -0.345 e. The number of hydrogen-bond donors (Lipinski definition) is 3. The van der Waals surface area contributed by atoms with E-state index in [1.807, 2.05) is 12.1 Å². The minimum atomic E-state index is -0.575. The molecule has 2 fully saturated rings.